The lowest BCUT2D eigenvalue weighted by Crippen LogP contribution is -2.28. The number of benzene rings is 1. The number of rotatable bonds is 5. The highest BCUT2D eigenvalue weighted by Crippen LogP contribution is 2.22. The summed E-state index contributed by atoms with van der Waals surface area (Å²) in [6, 6.07) is 10.8. The number of aryl methyl sites for hydroxylation is 1. The number of hydrogen-bond donors (Lipinski definition) is 2. The highest BCUT2D eigenvalue weighted by atomic mass is 16.5. The standard InChI is InChI=1S/C18H19N5O2/c1-23-12-14(11-21-23)15-8-7-13(9-19-15)10-20-18(24)22-16-5-3-4-6-17(16)25-2/h3-9,11-12H,10H2,1-2H3,(H2,20,22,24). The Morgan fingerprint density at radius 1 is 1.20 bits per heavy atom. The number of carbonyl (C=O) groups is 1. The van der Waals surface area contributed by atoms with Crippen molar-refractivity contribution >= 4 is 11.7 Å². The third kappa shape index (κ3) is 4.14. The van der Waals surface area contributed by atoms with E-state index in [2.05, 4.69) is 20.7 Å². The van der Waals surface area contributed by atoms with Gasteiger partial charge in [-0.05, 0) is 23.8 Å². The minimum atomic E-state index is -0.305. The van der Waals surface area contributed by atoms with E-state index >= 15 is 0 Å². The molecular weight excluding hydrogens is 318 g/mol. The predicted molar refractivity (Wildman–Crippen MR) is 95.3 cm³/mol. The van der Waals surface area contributed by atoms with Gasteiger partial charge in [0.15, 0.2) is 0 Å². The second-order valence-corrected chi connectivity index (χ2v) is 5.46. The average molecular weight is 337 g/mol. The van der Waals surface area contributed by atoms with Crippen molar-refractivity contribution in [2.45, 2.75) is 6.54 Å². The van der Waals surface area contributed by atoms with Crippen LogP contribution in [0.15, 0.2) is 55.0 Å². The van der Waals surface area contributed by atoms with Crippen molar-refractivity contribution < 1.29 is 9.53 Å². The Hall–Kier alpha value is -3.35. The molecule has 0 atom stereocenters. The molecule has 2 aromatic heterocycles. The van der Waals surface area contributed by atoms with Crippen LogP contribution in [0.2, 0.25) is 0 Å². The van der Waals surface area contributed by atoms with Gasteiger partial charge in [0.25, 0.3) is 0 Å². The molecule has 2 amide bonds. The Bertz CT molecular complexity index is 858. The van der Waals surface area contributed by atoms with Crippen LogP contribution >= 0.6 is 0 Å². The molecule has 0 aliphatic carbocycles. The fourth-order valence-corrected chi connectivity index (χ4v) is 2.35. The van der Waals surface area contributed by atoms with E-state index in [-0.39, 0.29) is 6.03 Å². The predicted octanol–water partition coefficient (Wildman–Crippen LogP) is 2.81. The highest BCUT2D eigenvalue weighted by Gasteiger charge is 2.07. The minimum Gasteiger partial charge on any atom is -0.495 e. The molecule has 0 saturated carbocycles. The molecule has 0 saturated heterocycles. The van der Waals surface area contributed by atoms with E-state index in [9.17, 15) is 4.79 Å². The number of nitrogens with one attached hydrogen (secondary N) is 2. The fourth-order valence-electron chi connectivity index (χ4n) is 2.35. The Morgan fingerprint density at radius 2 is 2.04 bits per heavy atom. The number of anilines is 1. The van der Waals surface area contributed by atoms with E-state index < -0.39 is 0 Å². The molecule has 3 rings (SSSR count). The van der Waals surface area contributed by atoms with Crippen molar-refractivity contribution in [3.05, 3.63) is 60.6 Å². The van der Waals surface area contributed by atoms with Crippen LogP contribution in [0.3, 0.4) is 0 Å². The second-order valence-electron chi connectivity index (χ2n) is 5.46. The van der Waals surface area contributed by atoms with Crippen molar-refractivity contribution in [1.29, 1.82) is 0 Å². The van der Waals surface area contributed by atoms with Crippen molar-refractivity contribution in [3.8, 4) is 17.0 Å². The molecule has 0 spiro atoms. The van der Waals surface area contributed by atoms with Gasteiger partial charge in [-0.15, -0.1) is 0 Å². The number of pyridine rings is 1. The first-order valence-corrected chi connectivity index (χ1v) is 7.77. The summed E-state index contributed by atoms with van der Waals surface area (Å²) in [6.45, 7) is 0.376. The zero-order valence-corrected chi connectivity index (χ0v) is 14.1. The summed E-state index contributed by atoms with van der Waals surface area (Å²) in [5, 5.41) is 9.70. The van der Waals surface area contributed by atoms with E-state index in [1.807, 2.05) is 37.5 Å². The first-order chi connectivity index (χ1) is 12.2. The maximum absolute atomic E-state index is 12.0. The third-order valence-electron chi connectivity index (χ3n) is 3.63. The monoisotopic (exact) mass is 337 g/mol. The van der Waals surface area contributed by atoms with Crippen LogP contribution in [0, 0.1) is 0 Å². The normalized spacial score (nSPS) is 10.3. The topological polar surface area (TPSA) is 81.1 Å². The molecule has 128 valence electrons. The largest absolute Gasteiger partial charge is 0.495 e. The summed E-state index contributed by atoms with van der Waals surface area (Å²) in [6.07, 6.45) is 5.41. The van der Waals surface area contributed by atoms with Gasteiger partial charge in [0, 0.05) is 31.5 Å². The maximum Gasteiger partial charge on any atom is 0.319 e. The van der Waals surface area contributed by atoms with Crippen LogP contribution in [-0.2, 0) is 13.6 Å². The van der Waals surface area contributed by atoms with E-state index in [4.69, 9.17) is 4.74 Å². The Balaban J connectivity index is 1.57. The SMILES string of the molecule is COc1ccccc1NC(=O)NCc1ccc(-c2cnn(C)c2)nc1. The van der Waals surface area contributed by atoms with Gasteiger partial charge >= 0.3 is 6.03 Å². The van der Waals surface area contributed by atoms with Crippen molar-refractivity contribution in [1.82, 2.24) is 20.1 Å². The van der Waals surface area contributed by atoms with Crippen LogP contribution in [0.25, 0.3) is 11.3 Å². The lowest BCUT2D eigenvalue weighted by molar-refractivity contribution is 0.251. The number of methoxy groups -OCH3 is 1. The van der Waals surface area contributed by atoms with Gasteiger partial charge in [-0.3, -0.25) is 9.67 Å². The number of ether oxygens (including phenoxy) is 1. The summed E-state index contributed by atoms with van der Waals surface area (Å²) < 4.78 is 6.94. The van der Waals surface area contributed by atoms with Crippen LogP contribution in [0.4, 0.5) is 10.5 Å². The number of carbonyl (C=O) groups excluding carboxylic acids is 1. The smallest absolute Gasteiger partial charge is 0.319 e. The first kappa shape index (κ1) is 16.5. The van der Waals surface area contributed by atoms with Gasteiger partial charge in [-0.2, -0.15) is 5.10 Å². The summed E-state index contributed by atoms with van der Waals surface area (Å²) in [5.74, 6) is 0.611. The Kier molecular flexibility index (Phi) is 4.94. The molecule has 0 fully saturated rings. The molecule has 25 heavy (non-hydrogen) atoms. The van der Waals surface area contributed by atoms with Gasteiger partial charge < -0.3 is 15.4 Å². The molecule has 1 aromatic carbocycles. The van der Waals surface area contributed by atoms with Gasteiger partial charge in [-0.1, -0.05) is 18.2 Å². The number of para-hydroxylation sites is 2. The van der Waals surface area contributed by atoms with E-state index in [1.54, 1.807) is 36.3 Å². The fraction of sp³-hybridized carbons (Fsp3) is 0.167. The number of nitrogens with zero attached hydrogens (tertiary/aromatic N) is 3. The lowest BCUT2D eigenvalue weighted by Gasteiger charge is -2.11. The van der Waals surface area contributed by atoms with Crippen molar-refractivity contribution in [2.24, 2.45) is 7.05 Å². The van der Waals surface area contributed by atoms with Gasteiger partial charge in [0.05, 0.1) is 24.7 Å². The lowest BCUT2D eigenvalue weighted by atomic mass is 10.2. The molecule has 0 radical (unpaired) electrons. The second kappa shape index (κ2) is 7.48. The molecular formula is C18H19N5O2. The van der Waals surface area contributed by atoms with Gasteiger partial charge in [-0.25, -0.2) is 4.79 Å². The summed E-state index contributed by atoms with van der Waals surface area (Å²) in [7, 11) is 3.43. The molecule has 0 bridgehead atoms. The number of urea groups is 1. The van der Waals surface area contributed by atoms with Crippen molar-refractivity contribution in [3.63, 3.8) is 0 Å². The first-order valence-electron chi connectivity index (χ1n) is 7.77. The zero-order chi connectivity index (χ0) is 17.6. The Morgan fingerprint density at radius 3 is 2.72 bits per heavy atom. The molecule has 7 nitrogen and oxygen atoms in total. The molecule has 0 unspecified atom stereocenters. The molecule has 3 aromatic rings. The zero-order valence-electron chi connectivity index (χ0n) is 14.1. The van der Waals surface area contributed by atoms with Crippen LogP contribution < -0.4 is 15.4 Å². The molecule has 2 heterocycles. The summed E-state index contributed by atoms with van der Waals surface area (Å²) in [5.41, 5.74) is 3.32. The maximum atomic E-state index is 12.0. The average Bonchev–Trinajstić information content (AvgIpc) is 3.07. The van der Waals surface area contributed by atoms with Crippen LogP contribution in [0.1, 0.15) is 5.56 Å². The van der Waals surface area contributed by atoms with Gasteiger partial charge in [0.1, 0.15) is 5.75 Å². The third-order valence-corrected chi connectivity index (χ3v) is 3.63. The van der Waals surface area contributed by atoms with E-state index in [0.29, 0.717) is 18.0 Å². The van der Waals surface area contributed by atoms with E-state index in [0.717, 1.165) is 16.8 Å². The number of amides is 2. The summed E-state index contributed by atoms with van der Waals surface area (Å²) in [4.78, 5) is 16.4. The Labute approximate surface area is 145 Å². The molecule has 2 N–H and O–H groups in total. The molecule has 7 heteroatoms. The van der Waals surface area contributed by atoms with Crippen LogP contribution in [-0.4, -0.2) is 27.9 Å². The summed E-state index contributed by atoms with van der Waals surface area (Å²) >= 11 is 0. The minimum absolute atomic E-state index is 0.305. The van der Waals surface area contributed by atoms with Gasteiger partial charge in [0.2, 0.25) is 0 Å². The highest BCUT2D eigenvalue weighted by molar-refractivity contribution is 5.90. The van der Waals surface area contributed by atoms with Crippen molar-refractivity contribution in [2.75, 3.05) is 12.4 Å². The quantitative estimate of drug-likeness (QED) is 0.750. The molecule has 0 aliphatic heterocycles. The van der Waals surface area contributed by atoms with E-state index in [1.165, 1.54) is 0 Å². The molecule has 0 aliphatic rings. The number of aromatic nitrogens is 3. The number of hydrogen-bond acceptors (Lipinski definition) is 4. The van der Waals surface area contributed by atoms with Crippen LogP contribution in [0.5, 0.6) is 5.75 Å².